The van der Waals surface area contributed by atoms with Crippen molar-refractivity contribution in [3.8, 4) is 11.4 Å². The fourth-order valence-electron chi connectivity index (χ4n) is 3.46. The van der Waals surface area contributed by atoms with Gasteiger partial charge in [-0.15, -0.1) is 0 Å². The highest BCUT2D eigenvalue weighted by Gasteiger charge is 2.28. The van der Waals surface area contributed by atoms with Gasteiger partial charge in [0, 0.05) is 22.8 Å². The zero-order valence-electron chi connectivity index (χ0n) is 16.3. The topological polar surface area (TPSA) is 73.2 Å². The summed E-state index contributed by atoms with van der Waals surface area (Å²) in [4.78, 5) is 12.6. The summed E-state index contributed by atoms with van der Waals surface area (Å²) in [6.07, 6.45) is 2.04. The van der Waals surface area contributed by atoms with Crippen molar-refractivity contribution in [3.05, 3.63) is 71.4 Å². The molecule has 1 N–H and O–H groups in total. The molecule has 0 bridgehead atoms. The van der Waals surface area contributed by atoms with Gasteiger partial charge in [0.2, 0.25) is 5.91 Å². The van der Waals surface area contributed by atoms with Crippen LogP contribution in [0.3, 0.4) is 0 Å². The lowest BCUT2D eigenvalue weighted by atomic mass is 10.1. The fraction of sp³-hybridized carbons (Fsp3) is 0.273. The molecule has 0 radical (unpaired) electrons. The average Bonchev–Trinajstić information content (AvgIpc) is 3.26. The van der Waals surface area contributed by atoms with Gasteiger partial charge in [-0.2, -0.15) is 5.10 Å². The van der Waals surface area contributed by atoms with Crippen LogP contribution in [-0.4, -0.2) is 27.0 Å². The summed E-state index contributed by atoms with van der Waals surface area (Å²) >= 11 is 0. The summed E-state index contributed by atoms with van der Waals surface area (Å²) in [6.45, 7) is 0. The minimum Gasteiger partial charge on any atom is -0.497 e. The molecule has 1 atom stereocenters. The molecule has 1 amide bonds. The smallest absolute Gasteiger partial charge is 0.225 e. The Labute approximate surface area is 172 Å². The summed E-state index contributed by atoms with van der Waals surface area (Å²) in [7, 11) is 0.658. The molecule has 7 heteroatoms. The molecule has 1 aliphatic heterocycles. The van der Waals surface area contributed by atoms with E-state index in [4.69, 9.17) is 4.74 Å². The molecule has 29 heavy (non-hydrogen) atoms. The van der Waals surface area contributed by atoms with Gasteiger partial charge in [0.05, 0.1) is 30.0 Å². The van der Waals surface area contributed by atoms with Crippen LogP contribution in [0.25, 0.3) is 5.69 Å². The van der Waals surface area contributed by atoms with Gasteiger partial charge in [-0.25, -0.2) is 4.68 Å². The van der Waals surface area contributed by atoms with Gasteiger partial charge in [0.15, 0.2) is 0 Å². The molecule has 1 aromatic heterocycles. The zero-order chi connectivity index (χ0) is 20.2. The number of fused-ring (bicyclic) bond motifs is 1. The van der Waals surface area contributed by atoms with E-state index in [1.54, 1.807) is 11.8 Å². The number of aryl methyl sites for hydroxylation is 1. The van der Waals surface area contributed by atoms with Crippen molar-refractivity contribution in [2.45, 2.75) is 30.8 Å². The number of carbonyl (C=O) groups is 1. The summed E-state index contributed by atoms with van der Waals surface area (Å²) in [5.74, 6) is 2.17. The Bertz CT molecular complexity index is 1030. The van der Waals surface area contributed by atoms with Crippen molar-refractivity contribution >= 4 is 22.5 Å². The van der Waals surface area contributed by atoms with Crippen molar-refractivity contribution in [2.75, 3.05) is 12.4 Å². The van der Waals surface area contributed by atoms with Crippen LogP contribution in [0, 0.1) is 0 Å². The molecule has 0 saturated heterocycles. The molecule has 0 unspecified atom stereocenters. The summed E-state index contributed by atoms with van der Waals surface area (Å²) in [6, 6.07) is 17.6. The molecule has 0 fully saturated rings. The number of anilines is 1. The van der Waals surface area contributed by atoms with E-state index in [1.165, 1.54) is 5.56 Å². The number of rotatable bonds is 7. The van der Waals surface area contributed by atoms with Crippen LogP contribution in [0.15, 0.2) is 54.6 Å². The van der Waals surface area contributed by atoms with Crippen LogP contribution < -0.4 is 10.1 Å². The van der Waals surface area contributed by atoms with Crippen molar-refractivity contribution in [2.24, 2.45) is 0 Å². The van der Waals surface area contributed by atoms with Gasteiger partial charge in [-0.1, -0.05) is 30.3 Å². The molecule has 3 aromatic rings. The predicted molar refractivity (Wildman–Crippen MR) is 114 cm³/mol. The van der Waals surface area contributed by atoms with Crippen molar-refractivity contribution in [1.82, 2.24) is 9.78 Å². The molecule has 0 spiro atoms. The first-order valence-corrected chi connectivity index (χ1v) is 11.1. The van der Waals surface area contributed by atoms with Crippen LogP contribution in [0.2, 0.25) is 0 Å². The van der Waals surface area contributed by atoms with Crippen LogP contribution in [0.4, 0.5) is 5.82 Å². The molecule has 2 heterocycles. The van der Waals surface area contributed by atoms with Gasteiger partial charge in [0.1, 0.15) is 11.6 Å². The van der Waals surface area contributed by atoms with E-state index < -0.39 is 10.8 Å². The van der Waals surface area contributed by atoms with Crippen molar-refractivity contribution in [1.29, 1.82) is 0 Å². The molecule has 6 nitrogen and oxygen atoms in total. The third-order valence-electron chi connectivity index (χ3n) is 4.96. The second-order valence-electron chi connectivity index (χ2n) is 7.00. The number of carbonyl (C=O) groups excluding carboxylic acids is 1. The minimum atomic E-state index is -0.960. The maximum absolute atomic E-state index is 12.6. The SMILES string of the molecule is COc1ccc(-n2nc3c(c2NC(=O)CCCc2ccccc2)C[S@](=O)C3)cc1. The quantitative estimate of drug-likeness (QED) is 0.647. The standard InChI is InChI=1S/C22H23N3O3S/c1-28-18-12-10-17(11-13-18)25-22(19-14-29(27)15-20(19)24-25)23-21(26)9-5-8-16-6-3-2-4-7-16/h2-4,6-7,10-13H,5,8-9,14-15H2,1H3,(H,23,26)/t29-/m0/s1. The largest absolute Gasteiger partial charge is 0.497 e. The van der Waals surface area contributed by atoms with Gasteiger partial charge < -0.3 is 10.1 Å². The first kappa shape index (κ1) is 19.4. The molecule has 150 valence electrons. The molecular weight excluding hydrogens is 386 g/mol. The molecular formula is C22H23N3O3S. The minimum absolute atomic E-state index is 0.0592. The van der Waals surface area contributed by atoms with E-state index >= 15 is 0 Å². The summed E-state index contributed by atoms with van der Waals surface area (Å²) in [5, 5.41) is 7.64. The van der Waals surface area contributed by atoms with Gasteiger partial charge in [-0.05, 0) is 42.7 Å². The Hall–Kier alpha value is -2.93. The monoisotopic (exact) mass is 409 g/mol. The van der Waals surface area contributed by atoms with E-state index in [1.807, 2.05) is 42.5 Å². The summed E-state index contributed by atoms with van der Waals surface area (Å²) < 4.78 is 18.9. The Balaban J connectivity index is 1.50. The van der Waals surface area contributed by atoms with Crippen LogP contribution >= 0.6 is 0 Å². The van der Waals surface area contributed by atoms with E-state index in [2.05, 4.69) is 22.5 Å². The number of nitrogens with zero attached hydrogens (tertiary/aromatic N) is 2. The highest BCUT2D eigenvalue weighted by Crippen LogP contribution is 2.31. The molecule has 2 aromatic carbocycles. The first-order valence-electron chi connectivity index (χ1n) is 9.58. The van der Waals surface area contributed by atoms with Gasteiger partial charge >= 0.3 is 0 Å². The van der Waals surface area contributed by atoms with Crippen LogP contribution in [0.1, 0.15) is 29.7 Å². The fourth-order valence-corrected chi connectivity index (χ4v) is 4.72. The maximum Gasteiger partial charge on any atom is 0.225 e. The Morgan fingerprint density at radius 2 is 1.90 bits per heavy atom. The Morgan fingerprint density at radius 3 is 2.62 bits per heavy atom. The molecule has 0 saturated carbocycles. The van der Waals surface area contributed by atoms with Crippen molar-refractivity contribution < 1.29 is 13.7 Å². The Kier molecular flexibility index (Phi) is 5.76. The zero-order valence-corrected chi connectivity index (χ0v) is 17.1. The lowest BCUT2D eigenvalue weighted by Gasteiger charge is -2.11. The highest BCUT2D eigenvalue weighted by molar-refractivity contribution is 7.83. The number of aromatic nitrogens is 2. The van der Waals surface area contributed by atoms with Crippen LogP contribution in [-0.2, 0) is 33.5 Å². The van der Waals surface area contributed by atoms with Crippen LogP contribution in [0.5, 0.6) is 5.75 Å². The first-order chi connectivity index (χ1) is 14.1. The highest BCUT2D eigenvalue weighted by atomic mass is 32.2. The normalized spacial score (nSPS) is 15.1. The maximum atomic E-state index is 12.6. The second-order valence-corrected chi connectivity index (χ2v) is 8.46. The van der Waals surface area contributed by atoms with E-state index in [9.17, 15) is 9.00 Å². The number of benzene rings is 2. The number of hydrogen-bond acceptors (Lipinski definition) is 4. The summed E-state index contributed by atoms with van der Waals surface area (Å²) in [5.41, 5.74) is 3.71. The van der Waals surface area contributed by atoms with Gasteiger partial charge in [-0.3, -0.25) is 9.00 Å². The van der Waals surface area contributed by atoms with Crippen molar-refractivity contribution in [3.63, 3.8) is 0 Å². The van der Waals surface area contributed by atoms with Gasteiger partial charge in [0.25, 0.3) is 0 Å². The van der Waals surface area contributed by atoms with E-state index in [0.717, 1.165) is 35.5 Å². The molecule has 0 aliphatic carbocycles. The second kappa shape index (κ2) is 8.61. The Morgan fingerprint density at radius 1 is 1.14 bits per heavy atom. The number of methoxy groups -OCH3 is 1. The van der Waals surface area contributed by atoms with E-state index in [-0.39, 0.29) is 5.91 Å². The lowest BCUT2D eigenvalue weighted by molar-refractivity contribution is -0.116. The lowest BCUT2D eigenvalue weighted by Crippen LogP contribution is -2.16. The molecule has 1 aliphatic rings. The number of ether oxygens (including phenoxy) is 1. The number of hydrogen-bond donors (Lipinski definition) is 1. The number of amides is 1. The molecule has 4 rings (SSSR count). The van der Waals surface area contributed by atoms with E-state index in [0.29, 0.717) is 23.7 Å². The average molecular weight is 410 g/mol. The third kappa shape index (κ3) is 4.40. The number of nitrogens with one attached hydrogen (secondary N) is 1. The third-order valence-corrected chi connectivity index (χ3v) is 6.16. The predicted octanol–water partition coefficient (Wildman–Crippen LogP) is 3.60.